The second-order valence-electron chi connectivity index (χ2n) is 3.71. The van der Waals surface area contributed by atoms with Crippen LogP contribution in [0.2, 0.25) is 0 Å². The highest BCUT2D eigenvalue weighted by molar-refractivity contribution is 5.95. The second-order valence-corrected chi connectivity index (χ2v) is 3.71. The van der Waals surface area contributed by atoms with E-state index >= 15 is 0 Å². The Balaban J connectivity index is 2.75. The summed E-state index contributed by atoms with van der Waals surface area (Å²) in [6, 6.07) is 5.86. The van der Waals surface area contributed by atoms with Gasteiger partial charge >= 0.3 is 5.97 Å². The van der Waals surface area contributed by atoms with Crippen LogP contribution in [-0.4, -0.2) is 16.9 Å². The maximum absolute atomic E-state index is 13.0. The summed E-state index contributed by atoms with van der Waals surface area (Å²) in [5.41, 5.74) is 0.624. The first kappa shape index (κ1) is 13.1. The summed E-state index contributed by atoms with van der Waals surface area (Å²) < 4.78 is 13.0. The maximum atomic E-state index is 13.0. The van der Waals surface area contributed by atoms with Crippen molar-refractivity contribution in [3.63, 3.8) is 0 Å². The van der Waals surface area contributed by atoms with Crippen LogP contribution in [0.3, 0.4) is 0 Å². The molecule has 3 nitrogen and oxygen atoms in total. The van der Waals surface area contributed by atoms with Crippen LogP contribution in [0.25, 0.3) is 0 Å². The number of ketones is 1. The van der Waals surface area contributed by atoms with E-state index in [1.807, 2.05) is 0 Å². The van der Waals surface area contributed by atoms with Gasteiger partial charge in [-0.05, 0) is 17.7 Å². The zero-order valence-corrected chi connectivity index (χ0v) is 9.23. The molecule has 1 rings (SSSR count). The molecule has 0 bridgehead atoms. The molecule has 0 aliphatic heterocycles. The van der Waals surface area contributed by atoms with Crippen molar-refractivity contribution in [1.29, 1.82) is 0 Å². The number of halogens is 1. The van der Waals surface area contributed by atoms with Crippen LogP contribution in [0.5, 0.6) is 0 Å². The normalized spacial score (nSPS) is 11.8. The van der Waals surface area contributed by atoms with Crippen molar-refractivity contribution in [1.82, 2.24) is 0 Å². The van der Waals surface area contributed by atoms with Crippen molar-refractivity contribution in [2.24, 2.45) is 0 Å². The first-order chi connectivity index (χ1) is 8.02. The smallest absolute Gasteiger partial charge is 0.310 e. The highest BCUT2D eigenvalue weighted by Gasteiger charge is 2.15. The average molecular weight is 236 g/mol. The summed E-state index contributed by atoms with van der Waals surface area (Å²) in [6.07, 6.45) is 1.04. The predicted molar refractivity (Wildman–Crippen MR) is 61.2 cm³/mol. The summed E-state index contributed by atoms with van der Waals surface area (Å²) in [5, 5.41) is 8.48. The molecule has 0 spiro atoms. The van der Waals surface area contributed by atoms with Crippen LogP contribution in [0.15, 0.2) is 36.9 Å². The third kappa shape index (κ3) is 4.18. The minimum atomic E-state index is -1.16. The first-order valence-electron chi connectivity index (χ1n) is 5.14. The minimum Gasteiger partial charge on any atom is -0.481 e. The van der Waals surface area contributed by atoms with Crippen molar-refractivity contribution in [3.05, 3.63) is 48.3 Å². The van der Waals surface area contributed by atoms with Crippen LogP contribution < -0.4 is 0 Å². The van der Waals surface area contributed by atoms with Crippen LogP contribution >= 0.6 is 0 Å². The lowest BCUT2D eigenvalue weighted by atomic mass is 9.93. The Bertz CT molecular complexity index is 440. The molecule has 0 radical (unpaired) electrons. The molecule has 1 atom stereocenters. The number of aliphatic carboxylic acids is 1. The number of allylic oxidation sites excluding steroid dienone is 1. The van der Waals surface area contributed by atoms with Gasteiger partial charge in [-0.15, -0.1) is 6.58 Å². The lowest BCUT2D eigenvalue weighted by Gasteiger charge is -2.11. The van der Waals surface area contributed by atoms with Gasteiger partial charge < -0.3 is 5.11 Å². The number of carbonyl (C=O) groups is 2. The number of hydrogen-bond donors (Lipinski definition) is 1. The van der Waals surface area contributed by atoms with E-state index < -0.39 is 18.2 Å². The quantitative estimate of drug-likeness (QED) is 0.610. The van der Waals surface area contributed by atoms with E-state index in [0.717, 1.165) is 0 Å². The molecule has 1 aromatic carbocycles. The molecule has 0 unspecified atom stereocenters. The summed E-state index contributed by atoms with van der Waals surface area (Å²) >= 11 is 0. The van der Waals surface area contributed by atoms with E-state index in [-0.39, 0.29) is 18.2 Å². The molecule has 0 fully saturated rings. The van der Waals surface area contributed by atoms with Gasteiger partial charge in [0.05, 0.1) is 0 Å². The lowest BCUT2D eigenvalue weighted by molar-refractivity contribution is -0.140. The highest BCUT2D eigenvalue weighted by atomic mass is 19.1. The zero-order valence-electron chi connectivity index (χ0n) is 9.23. The first-order valence-corrected chi connectivity index (χ1v) is 5.14. The van der Waals surface area contributed by atoms with Gasteiger partial charge in [-0.3, -0.25) is 9.59 Å². The van der Waals surface area contributed by atoms with Gasteiger partial charge in [0.1, 0.15) is 18.0 Å². The number of hydrogen-bond acceptors (Lipinski definition) is 2. The molecule has 0 saturated carbocycles. The molecule has 0 amide bonds. The Hall–Kier alpha value is -1.97. The fourth-order valence-corrected chi connectivity index (χ4v) is 1.56. The minimum absolute atomic E-state index is 0.0270. The fraction of sp³-hybridized carbons (Fsp3) is 0.231. The molecular formula is C13H13FO3. The summed E-state index contributed by atoms with van der Waals surface area (Å²) in [6.45, 7) is 3.58. The lowest BCUT2D eigenvalue weighted by Crippen LogP contribution is -2.10. The Morgan fingerprint density at radius 1 is 1.47 bits per heavy atom. The molecular weight excluding hydrogens is 223 g/mol. The maximum Gasteiger partial charge on any atom is 0.310 e. The van der Waals surface area contributed by atoms with E-state index in [2.05, 4.69) is 6.58 Å². The number of carbonyl (C=O) groups excluding carboxylic acids is 1. The number of rotatable bonds is 6. The number of carboxylic acids is 1. The van der Waals surface area contributed by atoms with E-state index in [0.29, 0.717) is 5.56 Å². The van der Waals surface area contributed by atoms with Crippen LogP contribution in [0.1, 0.15) is 24.3 Å². The predicted octanol–water partition coefficient (Wildman–Crippen LogP) is 2.53. The second kappa shape index (κ2) is 5.94. The fourth-order valence-electron chi connectivity index (χ4n) is 1.56. The summed E-state index contributed by atoms with van der Waals surface area (Å²) in [5.74, 6) is -2.29. The van der Waals surface area contributed by atoms with Gasteiger partial charge in [0.25, 0.3) is 0 Å². The Kier molecular flexibility index (Phi) is 4.57. The van der Waals surface area contributed by atoms with E-state index in [1.165, 1.54) is 18.2 Å². The van der Waals surface area contributed by atoms with Crippen molar-refractivity contribution in [2.45, 2.75) is 18.8 Å². The number of carboxylic acid groups (broad SMARTS) is 1. The van der Waals surface area contributed by atoms with Crippen LogP contribution in [0, 0.1) is 5.82 Å². The van der Waals surface area contributed by atoms with Crippen LogP contribution in [-0.2, 0) is 9.59 Å². The molecule has 0 heterocycles. The number of benzene rings is 1. The molecule has 0 aliphatic rings. The summed E-state index contributed by atoms with van der Waals surface area (Å²) in [7, 11) is 0. The van der Waals surface area contributed by atoms with E-state index in [1.54, 1.807) is 12.1 Å². The van der Waals surface area contributed by atoms with E-state index in [9.17, 15) is 14.0 Å². The van der Waals surface area contributed by atoms with Crippen molar-refractivity contribution in [2.75, 3.05) is 0 Å². The van der Waals surface area contributed by atoms with Crippen LogP contribution in [0.4, 0.5) is 4.39 Å². The van der Waals surface area contributed by atoms with Crippen molar-refractivity contribution in [3.8, 4) is 0 Å². The van der Waals surface area contributed by atoms with Gasteiger partial charge in [0.2, 0.25) is 0 Å². The Labute approximate surface area is 98.6 Å². The highest BCUT2D eigenvalue weighted by Crippen LogP contribution is 2.22. The molecule has 0 saturated heterocycles. The molecule has 1 aromatic rings. The molecule has 17 heavy (non-hydrogen) atoms. The molecule has 1 N–H and O–H groups in total. The standard InChI is InChI=1S/C13H13FO3/c1-2-9(7-12(15)8-13(16)17)10-4-3-5-11(14)6-10/h2-6,9H,1,7-8H2,(H,16,17)/t9-/m1/s1. The molecule has 0 aliphatic carbocycles. The average Bonchev–Trinajstić information content (AvgIpc) is 2.24. The summed E-state index contributed by atoms with van der Waals surface area (Å²) in [4.78, 5) is 21.7. The van der Waals surface area contributed by atoms with Gasteiger partial charge in [0, 0.05) is 12.3 Å². The van der Waals surface area contributed by atoms with E-state index in [4.69, 9.17) is 5.11 Å². The largest absolute Gasteiger partial charge is 0.481 e. The molecule has 4 heteroatoms. The number of Topliss-reactive ketones (excluding diaryl/α,β-unsaturated/α-hetero) is 1. The topological polar surface area (TPSA) is 54.4 Å². The van der Waals surface area contributed by atoms with Crippen molar-refractivity contribution < 1.29 is 19.1 Å². The third-order valence-electron chi connectivity index (χ3n) is 2.36. The Morgan fingerprint density at radius 3 is 2.71 bits per heavy atom. The van der Waals surface area contributed by atoms with Gasteiger partial charge in [-0.1, -0.05) is 18.2 Å². The van der Waals surface area contributed by atoms with Gasteiger partial charge in [-0.2, -0.15) is 0 Å². The third-order valence-corrected chi connectivity index (χ3v) is 2.36. The van der Waals surface area contributed by atoms with Gasteiger partial charge in [0.15, 0.2) is 0 Å². The zero-order chi connectivity index (χ0) is 12.8. The molecule has 0 aromatic heterocycles. The molecule has 90 valence electrons. The van der Waals surface area contributed by atoms with Gasteiger partial charge in [-0.25, -0.2) is 4.39 Å². The SMILES string of the molecule is C=C[C@H](CC(=O)CC(=O)O)c1cccc(F)c1. The Morgan fingerprint density at radius 2 is 2.18 bits per heavy atom. The monoisotopic (exact) mass is 236 g/mol. The van der Waals surface area contributed by atoms with Crippen molar-refractivity contribution >= 4 is 11.8 Å².